The largest absolute Gasteiger partial charge is 0.472 e. The zero-order valence-corrected chi connectivity index (χ0v) is 27.4. The van der Waals surface area contributed by atoms with E-state index in [-0.39, 0.29) is 0 Å². The molecule has 0 heterocycles. The molecular formula is C32H71N2O4P. The Labute approximate surface area is 244 Å². The number of phosphoric ester groups is 1. The molecule has 0 bridgehead atoms. The highest BCUT2D eigenvalue weighted by molar-refractivity contribution is 7.47. The van der Waals surface area contributed by atoms with Gasteiger partial charge in [0.2, 0.25) is 0 Å². The fourth-order valence-electron chi connectivity index (χ4n) is 4.57. The van der Waals surface area contributed by atoms with E-state index in [4.69, 9.17) is 20.5 Å². The Morgan fingerprint density at radius 2 is 0.667 bits per heavy atom. The molecule has 0 amide bonds. The second kappa shape index (κ2) is 36.1. The fraction of sp³-hybridized carbons (Fsp3) is 1.00. The van der Waals surface area contributed by atoms with Crippen molar-refractivity contribution in [2.75, 3.05) is 26.3 Å². The first-order valence-corrected chi connectivity index (χ1v) is 18.6. The predicted molar refractivity (Wildman–Crippen MR) is 171 cm³/mol. The third-order valence-corrected chi connectivity index (χ3v) is 8.18. The van der Waals surface area contributed by atoms with Crippen LogP contribution in [0.4, 0.5) is 0 Å². The first kappa shape index (κ1) is 41.2. The van der Waals surface area contributed by atoms with Gasteiger partial charge in [-0.05, 0) is 38.8 Å². The van der Waals surface area contributed by atoms with Gasteiger partial charge in [-0.25, -0.2) is 4.57 Å². The molecule has 6 nitrogen and oxygen atoms in total. The minimum atomic E-state index is -3.83. The van der Waals surface area contributed by atoms with Crippen LogP contribution in [0.5, 0.6) is 0 Å². The SMILES string of the molecule is CCCCCCCCCCOP(=O)(O)OCCCCCCCCCC.NCCCCCCCCCCCCN. The maximum absolute atomic E-state index is 11.7. The van der Waals surface area contributed by atoms with Gasteiger partial charge in [0.25, 0.3) is 0 Å². The van der Waals surface area contributed by atoms with Crippen LogP contribution in [0.15, 0.2) is 0 Å². The highest BCUT2D eigenvalue weighted by Crippen LogP contribution is 2.43. The molecule has 5 N–H and O–H groups in total. The van der Waals surface area contributed by atoms with Crippen LogP contribution < -0.4 is 11.5 Å². The van der Waals surface area contributed by atoms with Crippen molar-refractivity contribution in [1.82, 2.24) is 0 Å². The number of hydrogen-bond acceptors (Lipinski definition) is 5. The van der Waals surface area contributed by atoms with Crippen LogP contribution in [0.3, 0.4) is 0 Å². The Balaban J connectivity index is 0. The van der Waals surface area contributed by atoms with Crippen molar-refractivity contribution in [1.29, 1.82) is 0 Å². The molecule has 0 aliphatic carbocycles. The molecule has 0 radical (unpaired) electrons. The van der Waals surface area contributed by atoms with Crippen molar-refractivity contribution in [2.45, 2.75) is 181 Å². The third-order valence-electron chi connectivity index (χ3n) is 7.16. The minimum absolute atomic E-state index is 0.320. The van der Waals surface area contributed by atoms with Crippen molar-refractivity contribution in [3.8, 4) is 0 Å². The maximum atomic E-state index is 11.7. The van der Waals surface area contributed by atoms with Gasteiger partial charge in [0, 0.05) is 0 Å². The van der Waals surface area contributed by atoms with Crippen LogP contribution in [-0.2, 0) is 13.6 Å². The summed E-state index contributed by atoms with van der Waals surface area (Å²) in [6.07, 6.45) is 32.5. The number of rotatable bonds is 31. The topological polar surface area (TPSA) is 108 Å². The molecule has 0 saturated carbocycles. The van der Waals surface area contributed by atoms with Crippen LogP contribution in [0.25, 0.3) is 0 Å². The van der Waals surface area contributed by atoms with Crippen LogP contribution in [-0.4, -0.2) is 31.2 Å². The number of nitrogens with two attached hydrogens (primary N) is 2. The molecule has 0 unspecified atom stereocenters. The van der Waals surface area contributed by atoms with Gasteiger partial charge in [-0.15, -0.1) is 0 Å². The second-order valence-corrected chi connectivity index (χ2v) is 12.7. The van der Waals surface area contributed by atoms with Gasteiger partial charge < -0.3 is 16.4 Å². The molecule has 0 aromatic carbocycles. The lowest BCUT2D eigenvalue weighted by Gasteiger charge is -2.12. The molecular weight excluding hydrogens is 507 g/mol. The van der Waals surface area contributed by atoms with E-state index in [0.717, 1.165) is 38.8 Å². The Morgan fingerprint density at radius 1 is 0.436 bits per heavy atom. The first-order chi connectivity index (χ1) is 19.0. The van der Waals surface area contributed by atoms with E-state index in [1.54, 1.807) is 0 Å². The van der Waals surface area contributed by atoms with Crippen molar-refractivity contribution in [3.05, 3.63) is 0 Å². The summed E-state index contributed by atoms with van der Waals surface area (Å²) in [7, 11) is -3.83. The minimum Gasteiger partial charge on any atom is -0.330 e. The second-order valence-electron chi connectivity index (χ2n) is 11.2. The van der Waals surface area contributed by atoms with Gasteiger partial charge in [-0.1, -0.05) is 155 Å². The average molecular weight is 579 g/mol. The van der Waals surface area contributed by atoms with E-state index in [0.29, 0.717) is 13.2 Å². The van der Waals surface area contributed by atoms with E-state index < -0.39 is 7.82 Å². The Morgan fingerprint density at radius 3 is 0.923 bits per heavy atom. The summed E-state index contributed by atoms with van der Waals surface area (Å²) in [6.45, 7) is 6.81. The van der Waals surface area contributed by atoms with Gasteiger partial charge in [-0.2, -0.15) is 0 Å². The molecule has 39 heavy (non-hydrogen) atoms. The summed E-state index contributed by atoms with van der Waals surface area (Å²) in [5.41, 5.74) is 10.9. The highest BCUT2D eigenvalue weighted by Gasteiger charge is 2.19. The van der Waals surface area contributed by atoms with Crippen LogP contribution >= 0.6 is 7.82 Å². The quantitative estimate of drug-likeness (QED) is 0.0558. The molecule has 0 spiro atoms. The lowest BCUT2D eigenvalue weighted by molar-refractivity contribution is 0.145. The van der Waals surface area contributed by atoms with Crippen molar-refractivity contribution < 1.29 is 18.5 Å². The summed E-state index contributed by atoms with van der Waals surface area (Å²) < 4.78 is 21.8. The summed E-state index contributed by atoms with van der Waals surface area (Å²) in [6, 6.07) is 0. The van der Waals surface area contributed by atoms with E-state index in [1.807, 2.05) is 0 Å². The van der Waals surface area contributed by atoms with Gasteiger partial charge in [0.05, 0.1) is 13.2 Å². The smallest absolute Gasteiger partial charge is 0.330 e. The lowest BCUT2D eigenvalue weighted by Crippen LogP contribution is -1.99. The van der Waals surface area contributed by atoms with Gasteiger partial charge in [0.1, 0.15) is 0 Å². The lowest BCUT2D eigenvalue weighted by atomic mass is 10.1. The van der Waals surface area contributed by atoms with E-state index in [1.165, 1.54) is 141 Å². The average Bonchev–Trinajstić information content (AvgIpc) is 2.92. The molecule has 7 heteroatoms. The monoisotopic (exact) mass is 579 g/mol. The Kier molecular flexibility index (Phi) is 38.1. The molecule has 238 valence electrons. The molecule has 0 aromatic rings. The van der Waals surface area contributed by atoms with E-state index in [2.05, 4.69) is 13.8 Å². The molecule has 0 atom stereocenters. The number of hydrogen-bond donors (Lipinski definition) is 3. The highest BCUT2D eigenvalue weighted by atomic mass is 31.2. The predicted octanol–water partition coefficient (Wildman–Crippen LogP) is 10.2. The maximum Gasteiger partial charge on any atom is 0.472 e. The molecule has 0 saturated heterocycles. The molecule has 0 aliphatic rings. The normalized spacial score (nSPS) is 11.5. The third kappa shape index (κ3) is 40.2. The summed E-state index contributed by atoms with van der Waals surface area (Å²) >= 11 is 0. The fourth-order valence-corrected chi connectivity index (χ4v) is 5.37. The Hall–Kier alpha value is 0.0300. The number of phosphoric acid groups is 1. The zero-order valence-electron chi connectivity index (χ0n) is 26.5. The van der Waals surface area contributed by atoms with Crippen LogP contribution in [0.2, 0.25) is 0 Å². The summed E-state index contributed by atoms with van der Waals surface area (Å²) in [4.78, 5) is 9.63. The molecule has 0 rings (SSSR count). The summed E-state index contributed by atoms with van der Waals surface area (Å²) in [5.74, 6) is 0. The molecule has 0 aliphatic heterocycles. The van der Waals surface area contributed by atoms with E-state index >= 15 is 0 Å². The van der Waals surface area contributed by atoms with Crippen molar-refractivity contribution in [2.24, 2.45) is 11.5 Å². The van der Waals surface area contributed by atoms with E-state index in [9.17, 15) is 9.46 Å². The van der Waals surface area contributed by atoms with Crippen molar-refractivity contribution in [3.63, 3.8) is 0 Å². The Bertz CT molecular complexity index is 445. The van der Waals surface area contributed by atoms with Gasteiger partial charge >= 0.3 is 7.82 Å². The van der Waals surface area contributed by atoms with Gasteiger partial charge in [0.15, 0.2) is 0 Å². The van der Waals surface area contributed by atoms with Gasteiger partial charge in [-0.3, -0.25) is 9.05 Å². The first-order valence-electron chi connectivity index (χ1n) is 17.1. The molecule has 0 aromatic heterocycles. The van der Waals surface area contributed by atoms with Crippen LogP contribution in [0, 0.1) is 0 Å². The molecule has 0 fully saturated rings. The van der Waals surface area contributed by atoms with Crippen molar-refractivity contribution >= 4 is 7.82 Å². The van der Waals surface area contributed by atoms with Crippen LogP contribution in [0.1, 0.15) is 181 Å². The standard InChI is InChI=1S/C20H43O4P.C12H28N2/c1-3-5-7-9-11-13-15-17-19-23-25(21,22)24-20-18-16-14-12-10-8-6-4-2;13-11-9-7-5-3-1-2-4-6-8-10-12-14/h3-20H2,1-2H3,(H,21,22);1-14H2. The summed E-state index contributed by atoms with van der Waals surface area (Å²) in [5, 5.41) is 0. The number of unbranched alkanes of at least 4 members (excludes halogenated alkanes) is 23. The zero-order chi connectivity index (χ0) is 29.1.